The number of carbonyl (C=O) groups is 2. The molecule has 11 heteroatoms. The lowest BCUT2D eigenvalue weighted by molar-refractivity contribution is -0.137. The Bertz CT molecular complexity index is 1310. The maximum absolute atomic E-state index is 14.4. The number of hydrogen-bond acceptors (Lipinski definition) is 5. The second-order valence-corrected chi connectivity index (χ2v) is 7.36. The van der Waals surface area contributed by atoms with Gasteiger partial charge in [-0.05, 0) is 47.5 Å². The molecule has 3 rings (SSSR count). The van der Waals surface area contributed by atoms with Crippen LogP contribution in [0.1, 0.15) is 18.0 Å². The zero-order valence-corrected chi connectivity index (χ0v) is 18.1. The van der Waals surface area contributed by atoms with Gasteiger partial charge >= 0.3 is 12.0 Å². The number of hydrogen-bond donors (Lipinski definition) is 4. The van der Waals surface area contributed by atoms with Crippen molar-refractivity contribution in [3.63, 3.8) is 0 Å². The van der Waals surface area contributed by atoms with Gasteiger partial charge in [-0.3, -0.25) is 9.59 Å². The monoisotopic (exact) mass is 473 g/mol. The zero-order valence-electron chi connectivity index (χ0n) is 18.1. The molecule has 2 amide bonds. The summed E-state index contributed by atoms with van der Waals surface area (Å²) in [5.41, 5.74) is -0.519. The van der Waals surface area contributed by atoms with Crippen molar-refractivity contribution in [2.75, 3.05) is 12.4 Å². The van der Waals surface area contributed by atoms with E-state index in [1.807, 2.05) is 0 Å². The van der Waals surface area contributed by atoms with E-state index in [4.69, 9.17) is 4.74 Å². The second kappa shape index (κ2) is 10.0. The molecule has 0 aliphatic carbocycles. The van der Waals surface area contributed by atoms with E-state index in [0.29, 0.717) is 6.07 Å². The first-order chi connectivity index (χ1) is 16.1. The molecule has 4 N–H and O–H groups in total. The molecule has 0 saturated heterocycles. The number of amides is 2. The molecular weight excluding hydrogens is 452 g/mol. The van der Waals surface area contributed by atoms with Gasteiger partial charge in [0.2, 0.25) is 0 Å². The Balaban J connectivity index is 1.97. The molecule has 0 aliphatic rings. The van der Waals surface area contributed by atoms with E-state index in [1.165, 1.54) is 50.7 Å². The van der Waals surface area contributed by atoms with Crippen molar-refractivity contribution in [2.24, 2.45) is 7.05 Å². The Morgan fingerprint density at radius 1 is 1.15 bits per heavy atom. The average molecular weight is 473 g/mol. The molecule has 0 radical (unpaired) electrons. The summed E-state index contributed by atoms with van der Waals surface area (Å²) in [7, 11) is 2.77. The highest BCUT2D eigenvalue weighted by Crippen LogP contribution is 2.32. The summed E-state index contributed by atoms with van der Waals surface area (Å²) in [6.45, 7) is 0. The molecule has 0 aliphatic heterocycles. The number of nitrogens with one attached hydrogen (secondary N) is 2. The van der Waals surface area contributed by atoms with Gasteiger partial charge in [-0.1, -0.05) is 0 Å². The van der Waals surface area contributed by atoms with Crippen molar-refractivity contribution >= 4 is 17.7 Å². The summed E-state index contributed by atoms with van der Waals surface area (Å²) in [6.07, 6.45) is 0.741. The van der Waals surface area contributed by atoms with Crippen LogP contribution in [-0.2, 0) is 11.8 Å². The normalized spacial score (nSPS) is 11.5. The Morgan fingerprint density at radius 3 is 2.53 bits per heavy atom. The maximum Gasteiger partial charge on any atom is 0.319 e. The minimum atomic E-state index is -1.25. The summed E-state index contributed by atoms with van der Waals surface area (Å²) < 4.78 is 34.1. The SMILES string of the molecule is COc1cc(-c2ccc(F)cc2F)cc([C@H](CC(=O)O)NC(=O)Nc2c(O)ccn(C)c2=O)c1. The summed E-state index contributed by atoms with van der Waals surface area (Å²) in [6, 6.07) is 6.49. The predicted octanol–water partition coefficient (Wildman–Crippen LogP) is 3.38. The molecule has 1 atom stereocenters. The Kier molecular flexibility index (Phi) is 7.15. The topological polar surface area (TPSA) is 130 Å². The first-order valence-electron chi connectivity index (χ1n) is 9.91. The lowest BCUT2D eigenvalue weighted by atomic mass is 9.97. The van der Waals surface area contributed by atoms with Crippen LogP contribution in [0.5, 0.6) is 11.5 Å². The molecule has 0 saturated carbocycles. The first-order valence-corrected chi connectivity index (χ1v) is 9.91. The minimum absolute atomic E-state index is 0.0396. The van der Waals surface area contributed by atoms with Gasteiger partial charge in [0, 0.05) is 24.9 Å². The number of aromatic hydroxyl groups is 1. The van der Waals surface area contributed by atoms with E-state index in [9.17, 15) is 33.4 Å². The van der Waals surface area contributed by atoms with Crippen LogP contribution in [0.2, 0.25) is 0 Å². The lowest BCUT2D eigenvalue weighted by Crippen LogP contribution is -2.36. The van der Waals surface area contributed by atoms with Crippen molar-refractivity contribution in [3.05, 3.63) is 76.2 Å². The number of halogens is 2. The number of urea groups is 1. The van der Waals surface area contributed by atoms with Gasteiger partial charge < -0.3 is 30.2 Å². The number of aryl methyl sites for hydroxylation is 1. The van der Waals surface area contributed by atoms with E-state index >= 15 is 0 Å². The molecule has 0 spiro atoms. The van der Waals surface area contributed by atoms with Crippen molar-refractivity contribution in [2.45, 2.75) is 12.5 Å². The fourth-order valence-electron chi connectivity index (χ4n) is 3.29. The van der Waals surface area contributed by atoms with E-state index < -0.39 is 53.1 Å². The van der Waals surface area contributed by atoms with Crippen molar-refractivity contribution in [1.29, 1.82) is 0 Å². The Hall–Kier alpha value is -4.41. The molecule has 178 valence electrons. The number of aromatic nitrogens is 1. The number of benzene rings is 2. The van der Waals surface area contributed by atoms with Crippen LogP contribution >= 0.6 is 0 Å². The smallest absolute Gasteiger partial charge is 0.319 e. The number of ether oxygens (including phenoxy) is 1. The van der Waals surface area contributed by atoms with Gasteiger partial charge in [0.05, 0.1) is 19.6 Å². The molecule has 9 nitrogen and oxygen atoms in total. The number of aliphatic carboxylic acids is 1. The molecule has 3 aromatic rings. The third kappa shape index (κ3) is 5.49. The van der Waals surface area contributed by atoms with Gasteiger partial charge in [-0.2, -0.15) is 0 Å². The number of carbonyl (C=O) groups excluding carboxylic acids is 1. The number of carboxylic acid groups (broad SMARTS) is 1. The quantitative estimate of drug-likeness (QED) is 0.416. The minimum Gasteiger partial charge on any atom is -0.505 e. The zero-order chi connectivity index (χ0) is 25.0. The van der Waals surface area contributed by atoms with E-state index in [-0.39, 0.29) is 22.4 Å². The highest BCUT2D eigenvalue weighted by Gasteiger charge is 2.22. The lowest BCUT2D eigenvalue weighted by Gasteiger charge is -2.20. The molecule has 0 unspecified atom stereocenters. The van der Waals surface area contributed by atoms with Crippen LogP contribution in [0.3, 0.4) is 0 Å². The van der Waals surface area contributed by atoms with Crippen LogP contribution < -0.4 is 20.9 Å². The number of methoxy groups -OCH3 is 1. The van der Waals surface area contributed by atoms with Crippen LogP contribution in [0.25, 0.3) is 11.1 Å². The van der Waals surface area contributed by atoms with E-state index in [2.05, 4.69) is 10.6 Å². The van der Waals surface area contributed by atoms with Gasteiger partial charge in [0.15, 0.2) is 5.69 Å². The largest absolute Gasteiger partial charge is 0.505 e. The fourth-order valence-corrected chi connectivity index (χ4v) is 3.29. The van der Waals surface area contributed by atoms with Crippen molar-refractivity contribution in [3.8, 4) is 22.6 Å². The first kappa shape index (κ1) is 24.2. The summed E-state index contributed by atoms with van der Waals surface area (Å²) in [5, 5.41) is 23.9. The summed E-state index contributed by atoms with van der Waals surface area (Å²) >= 11 is 0. The van der Waals surface area contributed by atoms with Gasteiger partial charge in [0.25, 0.3) is 5.56 Å². The van der Waals surface area contributed by atoms with Crippen molar-refractivity contribution < 1.29 is 33.3 Å². The Labute approximate surface area is 192 Å². The molecule has 34 heavy (non-hydrogen) atoms. The third-order valence-electron chi connectivity index (χ3n) is 4.98. The van der Waals surface area contributed by atoms with Gasteiger partial charge in [-0.15, -0.1) is 0 Å². The summed E-state index contributed by atoms with van der Waals surface area (Å²) in [4.78, 5) is 36.3. The molecular formula is C23H21F2N3O6. The van der Waals surface area contributed by atoms with E-state index in [1.54, 1.807) is 0 Å². The number of rotatable bonds is 7. The second-order valence-electron chi connectivity index (χ2n) is 7.36. The van der Waals surface area contributed by atoms with Gasteiger partial charge in [-0.25, -0.2) is 13.6 Å². The molecule has 2 aromatic carbocycles. The number of anilines is 1. The van der Waals surface area contributed by atoms with Crippen LogP contribution in [0.4, 0.5) is 19.3 Å². The molecule has 0 fully saturated rings. The fraction of sp³-hybridized carbons (Fsp3) is 0.174. The van der Waals surface area contributed by atoms with E-state index in [0.717, 1.165) is 10.6 Å². The van der Waals surface area contributed by atoms with Crippen molar-refractivity contribution in [1.82, 2.24) is 9.88 Å². The molecule has 0 bridgehead atoms. The van der Waals surface area contributed by atoms with Crippen LogP contribution in [0.15, 0.2) is 53.5 Å². The van der Waals surface area contributed by atoms with Crippen LogP contribution in [0, 0.1) is 11.6 Å². The number of nitrogens with zero attached hydrogens (tertiary/aromatic N) is 1. The number of carboxylic acids is 1. The average Bonchev–Trinajstić information content (AvgIpc) is 2.78. The number of pyridine rings is 1. The summed E-state index contributed by atoms with van der Waals surface area (Å²) in [5.74, 6) is -3.08. The molecule has 1 heterocycles. The highest BCUT2D eigenvalue weighted by molar-refractivity contribution is 5.91. The highest BCUT2D eigenvalue weighted by atomic mass is 19.1. The molecule has 1 aromatic heterocycles. The van der Waals surface area contributed by atoms with Gasteiger partial charge in [0.1, 0.15) is 23.1 Å². The predicted molar refractivity (Wildman–Crippen MR) is 119 cm³/mol. The maximum atomic E-state index is 14.4. The Morgan fingerprint density at radius 2 is 1.88 bits per heavy atom. The standard InChI is InChI=1S/C23H21F2N3O6/c1-28-6-5-19(29)21(22(28)32)27-23(33)26-18(11-20(30)31)13-7-12(8-15(9-13)34-2)16-4-3-14(24)10-17(16)25/h3-10,18,29H,11H2,1-2H3,(H,30,31)(H2,26,27,33)/t18-/m0/s1. The third-order valence-corrected chi connectivity index (χ3v) is 4.98. The van der Waals surface area contributed by atoms with Crippen LogP contribution in [-0.4, -0.2) is 33.9 Å².